The van der Waals surface area contributed by atoms with E-state index in [0.29, 0.717) is 17.1 Å². The second-order valence-electron chi connectivity index (χ2n) is 6.67. The molecule has 3 N–H and O–H groups in total. The lowest BCUT2D eigenvalue weighted by atomic mass is 10.2. The molecule has 1 aliphatic rings. The third kappa shape index (κ3) is 6.78. The summed E-state index contributed by atoms with van der Waals surface area (Å²) in [5.41, 5.74) is 2.49. The average molecular weight is 398 g/mol. The van der Waals surface area contributed by atoms with Gasteiger partial charge in [0.05, 0.1) is 26.9 Å². The topological polar surface area (TPSA) is 91.9 Å². The van der Waals surface area contributed by atoms with E-state index in [1.54, 1.807) is 31.4 Å². The monoisotopic (exact) mass is 398 g/mol. The molecule has 154 valence electrons. The highest BCUT2D eigenvalue weighted by Crippen LogP contribution is 2.15. The Kier molecular flexibility index (Phi) is 7.43. The van der Waals surface area contributed by atoms with Crippen molar-refractivity contribution >= 4 is 23.3 Å². The Morgan fingerprint density at radius 3 is 2.24 bits per heavy atom. The van der Waals surface area contributed by atoms with E-state index in [4.69, 9.17) is 9.47 Å². The van der Waals surface area contributed by atoms with Crippen molar-refractivity contribution in [3.05, 3.63) is 54.1 Å². The van der Waals surface area contributed by atoms with Gasteiger partial charge < -0.3 is 25.4 Å². The first-order valence-electron chi connectivity index (χ1n) is 9.50. The van der Waals surface area contributed by atoms with Crippen molar-refractivity contribution in [2.45, 2.75) is 6.54 Å². The van der Waals surface area contributed by atoms with Gasteiger partial charge in [0.1, 0.15) is 5.75 Å². The first kappa shape index (κ1) is 20.6. The van der Waals surface area contributed by atoms with E-state index in [-0.39, 0.29) is 12.5 Å². The second-order valence-corrected chi connectivity index (χ2v) is 6.67. The zero-order chi connectivity index (χ0) is 20.5. The predicted octanol–water partition coefficient (Wildman–Crippen LogP) is 2.29. The molecule has 8 heteroatoms. The molecule has 3 amide bonds. The number of morpholine rings is 1. The van der Waals surface area contributed by atoms with Gasteiger partial charge in [-0.15, -0.1) is 0 Å². The van der Waals surface area contributed by atoms with Crippen molar-refractivity contribution in [2.24, 2.45) is 0 Å². The van der Waals surface area contributed by atoms with Gasteiger partial charge in [0.25, 0.3) is 0 Å². The van der Waals surface area contributed by atoms with Crippen LogP contribution in [0.2, 0.25) is 0 Å². The van der Waals surface area contributed by atoms with Gasteiger partial charge in [0.15, 0.2) is 0 Å². The van der Waals surface area contributed by atoms with E-state index < -0.39 is 6.03 Å². The lowest BCUT2D eigenvalue weighted by Crippen LogP contribution is -2.36. The maximum absolute atomic E-state index is 12.1. The number of carbonyl (C=O) groups excluding carboxylic acids is 2. The van der Waals surface area contributed by atoms with Gasteiger partial charge in [0, 0.05) is 31.0 Å². The van der Waals surface area contributed by atoms with Crippen LogP contribution in [-0.4, -0.2) is 56.8 Å². The molecule has 1 aliphatic heterocycles. The summed E-state index contributed by atoms with van der Waals surface area (Å²) in [7, 11) is 1.57. The van der Waals surface area contributed by atoms with Crippen LogP contribution < -0.4 is 20.7 Å². The molecule has 8 nitrogen and oxygen atoms in total. The Balaban J connectivity index is 1.39. The first-order chi connectivity index (χ1) is 14.1. The maximum atomic E-state index is 12.1. The number of hydrogen-bond acceptors (Lipinski definition) is 5. The fraction of sp³-hybridized carbons (Fsp3) is 0.333. The number of methoxy groups -OCH3 is 1. The van der Waals surface area contributed by atoms with Crippen LogP contribution in [0.3, 0.4) is 0 Å². The summed E-state index contributed by atoms with van der Waals surface area (Å²) in [5, 5.41) is 7.97. The molecular formula is C21H26N4O4. The minimum Gasteiger partial charge on any atom is -0.497 e. The molecule has 29 heavy (non-hydrogen) atoms. The molecule has 0 spiro atoms. The van der Waals surface area contributed by atoms with Crippen LogP contribution in [0.25, 0.3) is 0 Å². The molecule has 0 unspecified atom stereocenters. The number of carbonyl (C=O) groups is 2. The number of urea groups is 1. The van der Waals surface area contributed by atoms with Crippen molar-refractivity contribution in [3.8, 4) is 5.75 Å². The van der Waals surface area contributed by atoms with Crippen LogP contribution in [0, 0.1) is 0 Å². The van der Waals surface area contributed by atoms with Gasteiger partial charge >= 0.3 is 6.03 Å². The standard InChI is InChI=1S/C21H26N4O4/c1-28-19-8-6-18(7-9-19)24-21(27)22-14-20(26)23-17-4-2-16(3-5-17)15-25-10-12-29-13-11-25/h2-9H,10-15H2,1H3,(H,23,26)(H2,22,24,27). The number of ether oxygens (including phenoxy) is 2. The van der Waals surface area contributed by atoms with Gasteiger partial charge in [-0.3, -0.25) is 9.69 Å². The number of benzene rings is 2. The molecule has 2 aromatic carbocycles. The van der Waals surface area contributed by atoms with Gasteiger partial charge in [-0.25, -0.2) is 4.79 Å². The molecule has 1 heterocycles. The lowest BCUT2D eigenvalue weighted by Gasteiger charge is -2.26. The molecule has 0 aliphatic carbocycles. The van der Waals surface area contributed by atoms with E-state index >= 15 is 0 Å². The molecule has 3 rings (SSSR count). The average Bonchev–Trinajstić information content (AvgIpc) is 2.75. The lowest BCUT2D eigenvalue weighted by molar-refractivity contribution is -0.115. The molecule has 2 aromatic rings. The van der Waals surface area contributed by atoms with Crippen molar-refractivity contribution in [1.82, 2.24) is 10.2 Å². The number of rotatable bonds is 7. The molecule has 1 fully saturated rings. The fourth-order valence-electron chi connectivity index (χ4n) is 2.93. The van der Waals surface area contributed by atoms with Crippen molar-refractivity contribution in [3.63, 3.8) is 0 Å². The van der Waals surface area contributed by atoms with Gasteiger partial charge in [-0.05, 0) is 42.0 Å². The highest BCUT2D eigenvalue weighted by Gasteiger charge is 2.11. The van der Waals surface area contributed by atoms with Crippen molar-refractivity contribution in [2.75, 3.05) is 50.6 Å². The van der Waals surface area contributed by atoms with Crippen LogP contribution in [0.15, 0.2) is 48.5 Å². The summed E-state index contributed by atoms with van der Waals surface area (Å²) in [6, 6.07) is 14.2. The maximum Gasteiger partial charge on any atom is 0.319 e. The Morgan fingerprint density at radius 1 is 0.966 bits per heavy atom. The van der Waals surface area contributed by atoms with Crippen molar-refractivity contribution in [1.29, 1.82) is 0 Å². The summed E-state index contributed by atoms with van der Waals surface area (Å²) in [5.74, 6) is 0.405. The number of nitrogens with zero attached hydrogens (tertiary/aromatic N) is 1. The molecular weight excluding hydrogens is 372 g/mol. The second kappa shape index (κ2) is 10.4. The van der Waals surface area contributed by atoms with Crippen LogP contribution in [0.5, 0.6) is 5.75 Å². The predicted molar refractivity (Wildman–Crippen MR) is 111 cm³/mol. The highest BCUT2D eigenvalue weighted by molar-refractivity contribution is 5.96. The number of anilines is 2. The summed E-state index contributed by atoms with van der Waals surface area (Å²) in [4.78, 5) is 26.3. The van der Waals surface area contributed by atoms with Gasteiger partial charge in [-0.2, -0.15) is 0 Å². The van der Waals surface area contributed by atoms with E-state index in [0.717, 1.165) is 32.8 Å². The van der Waals surface area contributed by atoms with Crippen LogP contribution in [-0.2, 0) is 16.1 Å². The Bertz CT molecular complexity index is 802. The number of nitrogens with one attached hydrogen (secondary N) is 3. The largest absolute Gasteiger partial charge is 0.497 e. The molecule has 0 saturated carbocycles. The van der Waals surface area contributed by atoms with E-state index in [9.17, 15) is 9.59 Å². The van der Waals surface area contributed by atoms with Crippen molar-refractivity contribution < 1.29 is 19.1 Å². The van der Waals surface area contributed by atoms with Gasteiger partial charge in [0.2, 0.25) is 5.91 Å². The minimum absolute atomic E-state index is 0.127. The smallest absolute Gasteiger partial charge is 0.319 e. The fourth-order valence-corrected chi connectivity index (χ4v) is 2.93. The Hall–Kier alpha value is -3.10. The molecule has 0 atom stereocenters. The first-order valence-corrected chi connectivity index (χ1v) is 9.50. The summed E-state index contributed by atoms with van der Waals surface area (Å²) in [6.45, 7) is 4.15. The molecule has 0 aromatic heterocycles. The summed E-state index contributed by atoms with van der Waals surface area (Å²) < 4.78 is 10.4. The third-order valence-corrected chi connectivity index (χ3v) is 4.50. The van der Waals surface area contributed by atoms with Crippen LogP contribution in [0.4, 0.5) is 16.2 Å². The summed E-state index contributed by atoms with van der Waals surface area (Å²) in [6.07, 6.45) is 0. The quantitative estimate of drug-likeness (QED) is 0.666. The van der Waals surface area contributed by atoms with E-state index in [1.165, 1.54) is 5.56 Å². The minimum atomic E-state index is -0.453. The Morgan fingerprint density at radius 2 is 1.59 bits per heavy atom. The molecule has 1 saturated heterocycles. The van der Waals surface area contributed by atoms with Gasteiger partial charge in [-0.1, -0.05) is 12.1 Å². The highest BCUT2D eigenvalue weighted by atomic mass is 16.5. The summed E-state index contributed by atoms with van der Waals surface area (Å²) >= 11 is 0. The number of hydrogen-bond donors (Lipinski definition) is 3. The Labute approximate surface area is 170 Å². The zero-order valence-corrected chi connectivity index (χ0v) is 16.4. The number of amides is 3. The third-order valence-electron chi connectivity index (χ3n) is 4.50. The van der Waals surface area contributed by atoms with Crippen LogP contribution >= 0.6 is 0 Å². The SMILES string of the molecule is COc1ccc(NC(=O)NCC(=O)Nc2ccc(CN3CCOCC3)cc2)cc1. The zero-order valence-electron chi connectivity index (χ0n) is 16.4. The van der Waals surface area contributed by atoms with Crippen LogP contribution in [0.1, 0.15) is 5.56 Å². The van der Waals surface area contributed by atoms with E-state index in [1.807, 2.05) is 24.3 Å². The molecule has 0 bridgehead atoms. The molecule has 0 radical (unpaired) electrons. The van der Waals surface area contributed by atoms with E-state index in [2.05, 4.69) is 20.9 Å². The normalized spacial score (nSPS) is 14.1.